The molecule has 0 spiro atoms. The molecule has 132 valence electrons. The summed E-state index contributed by atoms with van der Waals surface area (Å²) in [5.74, 6) is -1.36. The Morgan fingerprint density at radius 1 is 1.33 bits per heavy atom. The van der Waals surface area contributed by atoms with Crippen molar-refractivity contribution >= 4 is 17.5 Å². The number of nitrogens with zero attached hydrogens (tertiary/aromatic N) is 1. The van der Waals surface area contributed by atoms with E-state index in [0.29, 0.717) is 23.8 Å². The van der Waals surface area contributed by atoms with Crippen molar-refractivity contribution in [1.29, 1.82) is 0 Å². The highest BCUT2D eigenvalue weighted by atomic mass is 16.3. The number of carbonyl (C=O) groups is 2. The summed E-state index contributed by atoms with van der Waals surface area (Å²) in [5.41, 5.74) is 0.143. The molecule has 24 heavy (non-hydrogen) atoms. The van der Waals surface area contributed by atoms with E-state index >= 15 is 0 Å². The third-order valence-corrected chi connectivity index (χ3v) is 4.41. The molecule has 1 aliphatic carbocycles. The normalized spacial score (nSPS) is 15.9. The van der Waals surface area contributed by atoms with Crippen LogP contribution in [0.5, 0.6) is 0 Å². The molecule has 1 atom stereocenters. The van der Waals surface area contributed by atoms with Gasteiger partial charge in [-0.15, -0.1) is 0 Å². The molecule has 0 aromatic heterocycles. The van der Waals surface area contributed by atoms with Gasteiger partial charge in [-0.1, -0.05) is 12.1 Å². The zero-order valence-electron chi connectivity index (χ0n) is 14.8. The van der Waals surface area contributed by atoms with Crippen molar-refractivity contribution in [2.45, 2.75) is 51.3 Å². The van der Waals surface area contributed by atoms with Gasteiger partial charge in [0.15, 0.2) is 0 Å². The molecule has 6 nitrogen and oxygen atoms in total. The average Bonchev–Trinajstić information content (AvgIpc) is 3.35. The molecule has 2 amide bonds. The molecule has 3 N–H and O–H groups in total. The number of carbonyl (C=O) groups excluding carboxylic acids is 2. The van der Waals surface area contributed by atoms with Gasteiger partial charge in [-0.25, -0.2) is 0 Å². The zero-order chi connectivity index (χ0) is 17.9. The molecule has 6 heteroatoms. The lowest BCUT2D eigenvalue weighted by Crippen LogP contribution is -2.44. The maximum Gasteiger partial charge on any atom is 0.313 e. The van der Waals surface area contributed by atoms with Crippen LogP contribution in [-0.4, -0.2) is 47.5 Å². The van der Waals surface area contributed by atoms with E-state index in [4.69, 9.17) is 0 Å². The van der Waals surface area contributed by atoms with Crippen molar-refractivity contribution in [2.75, 3.05) is 18.9 Å². The Labute approximate surface area is 143 Å². The average molecular weight is 333 g/mol. The summed E-state index contributed by atoms with van der Waals surface area (Å²) in [7, 11) is 2.04. The van der Waals surface area contributed by atoms with Gasteiger partial charge in [0.2, 0.25) is 0 Å². The van der Waals surface area contributed by atoms with Crippen molar-refractivity contribution in [1.82, 2.24) is 10.2 Å². The largest absolute Gasteiger partial charge is 0.386 e. The second-order valence-corrected chi connectivity index (χ2v) is 7.05. The van der Waals surface area contributed by atoms with Crippen LogP contribution in [0.2, 0.25) is 0 Å². The van der Waals surface area contributed by atoms with Crippen LogP contribution in [0.1, 0.15) is 39.2 Å². The Balaban J connectivity index is 1.86. The lowest BCUT2D eigenvalue weighted by molar-refractivity contribution is -0.136. The van der Waals surface area contributed by atoms with Crippen LogP contribution in [0.3, 0.4) is 0 Å². The summed E-state index contributed by atoms with van der Waals surface area (Å²) >= 11 is 0. The van der Waals surface area contributed by atoms with Crippen LogP contribution in [0.25, 0.3) is 0 Å². The van der Waals surface area contributed by atoms with Crippen molar-refractivity contribution in [3.05, 3.63) is 29.8 Å². The van der Waals surface area contributed by atoms with Gasteiger partial charge < -0.3 is 15.7 Å². The van der Waals surface area contributed by atoms with E-state index < -0.39 is 17.4 Å². The fourth-order valence-electron chi connectivity index (χ4n) is 2.47. The molecule has 2 rings (SSSR count). The van der Waals surface area contributed by atoms with Crippen molar-refractivity contribution in [3.8, 4) is 0 Å². The van der Waals surface area contributed by atoms with Crippen LogP contribution < -0.4 is 10.6 Å². The number of nitrogens with one attached hydrogen (secondary N) is 2. The Bertz CT molecular complexity index is 606. The smallest absolute Gasteiger partial charge is 0.313 e. The van der Waals surface area contributed by atoms with E-state index in [-0.39, 0.29) is 6.04 Å². The second-order valence-electron chi connectivity index (χ2n) is 7.05. The molecule has 0 heterocycles. The van der Waals surface area contributed by atoms with E-state index in [1.807, 2.05) is 14.0 Å². The molecule has 1 saturated carbocycles. The van der Waals surface area contributed by atoms with Crippen LogP contribution >= 0.6 is 0 Å². The van der Waals surface area contributed by atoms with Crippen molar-refractivity contribution in [2.24, 2.45) is 0 Å². The zero-order valence-corrected chi connectivity index (χ0v) is 14.8. The number of hydrogen-bond donors (Lipinski definition) is 3. The number of rotatable bonds is 6. The summed E-state index contributed by atoms with van der Waals surface area (Å²) < 4.78 is 0. The van der Waals surface area contributed by atoms with E-state index in [2.05, 4.69) is 15.5 Å². The molecule has 1 fully saturated rings. The highest BCUT2D eigenvalue weighted by Crippen LogP contribution is 2.26. The van der Waals surface area contributed by atoms with Crippen molar-refractivity contribution < 1.29 is 14.7 Å². The lowest BCUT2D eigenvalue weighted by Gasteiger charge is -2.24. The quantitative estimate of drug-likeness (QED) is 0.688. The summed E-state index contributed by atoms with van der Waals surface area (Å²) in [6.07, 6.45) is 2.40. The van der Waals surface area contributed by atoms with E-state index in [1.54, 1.807) is 38.1 Å². The molecule has 0 aliphatic heterocycles. The van der Waals surface area contributed by atoms with Gasteiger partial charge >= 0.3 is 11.8 Å². The molecule has 1 aliphatic rings. The first-order chi connectivity index (χ1) is 11.2. The highest BCUT2D eigenvalue weighted by Gasteiger charge is 2.29. The topological polar surface area (TPSA) is 81.7 Å². The van der Waals surface area contributed by atoms with Gasteiger partial charge in [0.25, 0.3) is 0 Å². The molecule has 0 radical (unpaired) electrons. The molecule has 0 saturated heterocycles. The third-order valence-electron chi connectivity index (χ3n) is 4.41. The lowest BCUT2D eigenvalue weighted by atomic mass is 9.98. The standard InChI is InChI=1S/C18H27N3O3/c1-12(21(4)15-8-9-15)11-19-16(22)17(23)20-14-7-5-6-13(10-14)18(2,3)24/h5-7,10,12,15,24H,8-9,11H2,1-4H3,(H,19,22)(H,20,23). The maximum absolute atomic E-state index is 12.0. The third kappa shape index (κ3) is 5.04. The Morgan fingerprint density at radius 2 is 2.00 bits per heavy atom. The predicted octanol–water partition coefficient (Wildman–Crippen LogP) is 1.45. The number of likely N-dealkylation sites (N-methyl/N-ethyl adjacent to an activating group) is 1. The summed E-state index contributed by atoms with van der Waals surface area (Å²) in [6, 6.07) is 7.64. The van der Waals surface area contributed by atoms with Crippen molar-refractivity contribution in [3.63, 3.8) is 0 Å². The van der Waals surface area contributed by atoms with Gasteiger partial charge in [-0.2, -0.15) is 0 Å². The highest BCUT2D eigenvalue weighted by molar-refractivity contribution is 6.39. The molecular weight excluding hydrogens is 306 g/mol. The second kappa shape index (κ2) is 7.32. The number of anilines is 1. The summed E-state index contributed by atoms with van der Waals surface area (Å²) in [4.78, 5) is 26.2. The Hall–Kier alpha value is -1.92. The summed E-state index contributed by atoms with van der Waals surface area (Å²) in [5, 5.41) is 15.2. The van der Waals surface area contributed by atoms with Gasteiger partial charge in [-0.3, -0.25) is 14.5 Å². The predicted molar refractivity (Wildman–Crippen MR) is 93.6 cm³/mol. The number of amides is 2. The first-order valence-corrected chi connectivity index (χ1v) is 8.32. The minimum atomic E-state index is -1.01. The minimum absolute atomic E-state index is 0.188. The van der Waals surface area contributed by atoms with Crippen LogP contribution in [0.4, 0.5) is 5.69 Å². The van der Waals surface area contributed by atoms with E-state index in [0.717, 1.165) is 0 Å². The fraction of sp³-hybridized carbons (Fsp3) is 0.556. The number of benzene rings is 1. The molecule has 0 bridgehead atoms. The van der Waals surface area contributed by atoms with Crippen LogP contribution in [0.15, 0.2) is 24.3 Å². The van der Waals surface area contributed by atoms with Crippen LogP contribution in [0, 0.1) is 0 Å². The number of aliphatic hydroxyl groups is 1. The van der Waals surface area contributed by atoms with E-state index in [9.17, 15) is 14.7 Å². The summed E-state index contributed by atoms with van der Waals surface area (Å²) in [6.45, 7) is 5.79. The van der Waals surface area contributed by atoms with Gasteiger partial charge in [0, 0.05) is 24.3 Å². The fourth-order valence-corrected chi connectivity index (χ4v) is 2.47. The van der Waals surface area contributed by atoms with Gasteiger partial charge in [0.1, 0.15) is 0 Å². The minimum Gasteiger partial charge on any atom is -0.386 e. The molecular formula is C18H27N3O3. The Kier molecular flexibility index (Phi) is 5.62. The maximum atomic E-state index is 12.0. The first kappa shape index (κ1) is 18.4. The monoisotopic (exact) mass is 333 g/mol. The van der Waals surface area contributed by atoms with Crippen LogP contribution in [-0.2, 0) is 15.2 Å². The Morgan fingerprint density at radius 3 is 2.58 bits per heavy atom. The first-order valence-electron chi connectivity index (χ1n) is 8.32. The molecule has 1 unspecified atom stereocenters. The molecule has 1 aromatic carbocycles. The SMILES string of the molecule is CC(CNC(=O)C(=O)Nc1cccc(C(C)(C)O)c1)N(C)C1CC1. The van der Waals surface area contributed by atoms with Gasteiger partial charge in [0.05, 0.1) is 5.60 Å². The number of hydrogen-bond acceptors (Lipinski definition) is 4. The van der Waals surface area contributed by atoms with Gasteiger partial charge in [-0.05, 0) is 58.4 Å². The van der Waals surface area contributed by atoms with E-state index in [1.165, 1.54) is 12.8 Å². The molecule has 1 aromatic rings.